The van der Waals surface area contributed by atoms with Crippen molar-refractivity contribution in [1.29, 1.82) is 0 Å². The van der Waals surface area contributed by atoms with E-state index in [9.17, 15) is 14.7 Å². The number of carboxylic acids is 1. The van der Waals surface area contributed by atoms with E-state index in [2.05, 4.69) is 32.0 Å². The highest BCUT2D eigenvalue weighted by atomic mass is 32.1. The van der Waals surface area contributed by atoms with Crippen LogP contribution in [-0.4, -0.2) is 33.0 Å². The molecule has 0 bridgehead atoms. The molecule has 4 N–H and O–H groups in total. The van der Waals surface area contributed by atoms with Crippen LogP contribution in [0.2, 0.25) is 0 Å². The van der Waals surface area contributed by atoms with E-state index in [1.54, 1.807) is 11.3 Å². The topological polar surface area (TPSA) is 107 Å². The predicted molar refractivity (Wildman–Crippen MR) is 156 cm³/mol. The summed E-state index contributed by atoms with van der Waals surface area (Å²) in [6, 6.07) is 20.7. The Bertz CT molecular complexity index is 1600. The molecule has 198 valence electrons. The summed E-state index contributed by atoms with van der Waals surface area (Å²) < 4.78 is 0. The number of hydrogen-bond acceptors (Lipinski definition) is 5. The molecule has 0 spiro atoms. The maximum atomic E-state index is 12.9. The van der Waals surface area contributed by atoms with Gasteiger partial charge in [-0.1, -0.05) is 54.1 Å². The first-order valence-electron chi connectivity index (χ1n) is 12.7. The fourth-order valence-corrected chi connectivity index (χ4v) is 5.70. The number of fused-ring (bicyclic) bond motifs is 1. The van der Waals surface area contributed by atoms with Crippen molar-refractivity contribution >= 4 is 40.2 Å². The molecule has 1 atom stereocenters. The van der Waals surface area contributed by atoms with E-state index in [0.717, 1.165) is 50.4 Å². The van der Waals surface area contributed by atoms with Gasteiger partial charge in [0.1, 0.15) is 6.04 Å². The van der Waals surface area contributed by atoms with Gasteiger partial charge in [0.05, 0.1) is 17.6 Å². The molecular formula is C31H30N4O3S. The number of H-pyrrole nitrogens is 1. The number of nitrogens with one attached hydrogen (secondary N) is 3. The summed E-state index contributed by atoms with van der Waals surface area (Å²) in [5.41, 5.74) is 8.18. The van der Waals surface area contributed by atoms with E-state index in [4.69, 9.17) is 0 Å². The summed E-state index contributed by atoms with van der Waals surface area (Å²) in [6.07, 6.45) is 0.196. The Hall–Kier alpha value is -4.43. The van der Waals surface area contributed by atoms with E-state index in [0.29, 0.717) is 12.1 Å². The van der Waals surface area contributed by atoms with Gasteiger partial charge in [0.25, 0.3) is 5.91 Å². The quantitative estimate of drug-likeness (QED) is 0.177. The van der Waals surface area contributed by atoms with Crippen molar-refractivity contribution in [2.75, 3.05) is 5.32 Å². The average molecular weight is 539 g/mol. The van der Waals surface area contributed by atoms with Crippen LogP contribution in [0, 0.1) is 20.8 Å². The number of aryl methyl sites for hydroxylation is 3. The minimum atomic E-state index is -1.06. The minimum Gasteiger partial charge on any atom is -0.480 e. The number of aromatic nitrogens is 2. The molecule has 1 amide bonds. The van der Waals surface area contributed by atoms with Crippen LogP contribution in [0.25, 0.3) is 22.2 Å². The molecule has 0 aliphatic carbocycles. The first-order valence-corrected chi connectivity index (χ1v) is 13.6. The summed E-state index contributed by atoms with van der Waals surface area (Å²) in [7, 11) is 0. The third-order valence-corrected chi connectivity index (χ3v) is 7.64. The van der Waals surface area contributed by atoms with E-state index < -0.39 is 12.0 Å². The zero-order valence-corrected chi connectivity index (χ0v) is 22.9. The molecule has 3 aromatic carbocycles. The van der Waals surface area contributed by atoms with Crippen molar-refractivity contribution in [1.82, 2.24) is 15.3 Å². The fraction of sp³-hybridized carbons (Fsp3) is 0.194. The Balaban J connectivity index is 1.22. The standard InChI is InChI=1S/C31H30N4O3S/c1-18-12-19(2)28(20(3)13-18)29(36)33-27(30(37)38)14-21-8-10-22(11-9-21)23-15-24(39-17-23)16-32-31-34-25-6-4-5-7-26(25)35-31/h4-13,15,17,27H,14,16H2,1-3H3,(H,33,36)(H,37,38)(H2,32,34,35). The van der Waals surface area contributed by atoms with E-state index in [1.807, 2.05) is 81.4 Å². The molecule has 0 radical (unpaired) electrons. The number of aliphatic carboxylic acids is 1. The number of nitrogens with zero attached hydrogens (tertiary/aromatic N) is 1. The zero-order chi connectivity index (χ0) is 27.5. The smallest absolute Gasteiger partial charge is 0.326 e. The Labute approximate surface area is 230 Å². The van der Waals surface area contributed by atoms with Crippen LogP contribution >= 0.6 is 11.3 Å². The van der Waals surface area contributed by atoms with Crippen LogP contribution in [-0.2, 0) is 17.8 Å². The molecular weight excluding hydrogens is 508 g/mol. The number of carbonyl (C=O) groups is 2. The van der Waals surface area contributed by atoms with Crippen molar-refractivity contribution in [3.05, 3.63) is 105 Å². The first-order chi connectivity index (χ1) is 18.8. The molecule has 0 saturated carbocycles. The van der Waals surface area contributed by atoms with Crippen molar-refractivity contribution in [2.45, 2.75) is 39.8 Å². The number of amides is 1. The van der Waals surface area contributed by atoms with Crippen molar-refractivity contribution < 1.29 is 14.7 Å². The number of para-hydroxylation sites is 2. The van der Waals surface area contributed by atoms with Crippen LogP contribution in [0.1, 0.15) is 37.5 Å². The van der Waals surface area contributed by atoms with Crippen LogP contribution in [0.5, 0.6) is 0 Å². The number of hydrogen-bond donors (Lipinski definition) is 4. The van der Waals surface area contributed by atoms with Gasteiger partial charge in [-0.2, -0.15) is 0 Å². The second-order valence-electron chi connectivity index (χ2n) is 9.80. The van der Waals surface area contributed by atoms with Gasteiger partial charge >= 0.3 is 5.97 Å². The van der Waals surface area contributed by atoms with Gasteiger partial charge in [-0.3, -0.25) is 4.79 Å². The lowest BCUT2D eigenvalue weighted by atomic mass is 9.98. The van der Waals surface area contributed by atoms with Crippen LogP contribution in [0.15, 0.2) is 72.1 Å². The largest absolute Gasteiger partial charge is 0.480 e. The van der Waals surface area contributed by atoms with E-state index >= 15 is 0 Å². The second kappa shape index (κ2) is 11.1. The van der Waals surface area contributed by atoms with Crippen LogP contribution in [0.4, 0.5) is 5.95 Å². The highest BCUT2D eigenvalue weighted by Gasteiger charge is 2.23. The number of anilines is 1. The summed E-state index contributed by atoms with van der Waals surface area (Å²) in [5, 5.41) is 18.0. The summed E-state index contributed by atoms with van der Waals surface area (Å²) in [5.74, 6) is -0.686. The molecule has 2 aromatic heterocycles. The maximum absolute atomic E-state index is 12.9. The van der Waals surface area contributed by atoms with Gasteiger partial charge in [-0.15, -0.1) is 11.3 Å². The normalized spacial score (nSPS) is 11.9. The molecule has 0 saturated heterocycles. The lowest BCUT2D eigenvalue weighted by molar-refractivity contribution is -0.139. The number of benzene rings is 3. The molecule has 1 unspecified atom stereocenters. The Kier molecular flexibility index (Phi) is 7.47. The Morgan fingerprint density at radius 3 is 2.38 bits per heavy atom. The molecule has 0 aliphatic rings. The number of carboxylic acid groups (broad SMARTS) is 1. The lowest BCUT2D eigenvalue weighted by Gasteiger charge is -2.17. The SMILES string of the molecule is Cc1cc(C)c(C(=O)NC(Cc2ccc(-c3csc(CNc4nc5ccccc5[nH]4)c3)cc2)C(=O)O)c(C)c1. The van der Waals surface area contributed by atoms with Gasteiger partial charge in [0.2, 0.25) is 5.95 Å². The van der Waals surface area contributed by atoms with Gasteiger partial charge in [0.15, 0.2) is 0 Å². The molecule has 5 rings (SSSR count). The van der Waals surface area contributed by atoms with Crippen LogP contribution in [0.3, 0.4) is 0 Å². The Morgan fingerprint density at radius 1 is 0.974 bits per heavy atom. The first kappa shape index (κ1) is 26.2. The van der Waals surface area contributed by atoms with Gasteiger partial charge in [-0.05, 0) is 72.2 Å². The van der Waals surface area contributed by atoms with E-state index in [-0.39, 0.29) is 12.3 Å². The number of imidazole rings is 1. The second-order valence-corrected chi connectivity index (χ2v) is 10.8. The molecule has 5 aromatic rings. The summed E-state index contributed by atoms with van der Waals surface area (Å²) >= 11 is 1.67. The highest BCUT2D eigenvalue weighted by Crippen LogP contribution is 2.27. The number of aromatic amines is 1. The summed E-state index contributed by atoms with van der Waals surface area (Å²) in [4.78, 5) is 33.9. The third kappa shape index (κ3) is 6.02. The molecule has 0 fully saturated rings. The monoisotopic (exact) mass is 538 g/mol. The Morgan fingerprint density at radius 2 is 1.69 bits per heavy atom. The number of thiophene rings is 1. The van der Waals surface area contributed by atoms with Crippen molar-refractivity contribution in [3.63, 3.8) is 0 Å². The third-order valence-electron chi connectivity index (χ3n) is 6.71. The average Bonchev–Trinajstić information content (AvgIpc) is 3.54. The van der Waals surface area contributed by atoms with Gasteiger partial charge < -0.3 is 20.7 Å². The van der Waals surface area contributed by atoms with Crippen LogP contribution < -0.4 is 10.6 Å². The molecule has 0 aliphatic heterocycles. The van der Waals surface area contributed by atoms with Crippen molar-refractivity contribution in [3.8, 4) is 11.1 Å². The molecule has 2 heterocycles. The minimum absolute atomic E-state index is 0.196. The van der Waals surface area contributed by atoms with Crippen molar-refractivity contribution in [2.24, 2.45) is 0 Å². The summed E-state index contributed by atoms with van der Waals surface area (Å²) in [6.45, 7) is 6.37. The van der Waals surface area contributed by atoms with Gasteiger partial charge in [-0.25, -0.2) is 9.78 Å². The zero-order valence-electron chi connectivity index (χ0n) is 22.0. The molecule has 39 heavy (non-hydrogen) atoms. The maximum Gasteiger partial charge on any atom is 0.326 e. The van der Waals surface area contributed by atoms with E-state index in [1.165, 1.54) is 4.88 Å². The number of carbonyl (C=O) groups excluding carboxylic acids is 1. The molecule has 7 nitrogen and oxygen atoms in total. The van der Waals surface area contributed by atoms with Gasteiger partial charge in [0, 0.05) is 16.9 Å². The fourth-order valence-electron chi connectivity index (χ4n) is 4.87. The number of rotatable bonds is 9. The highest BCUT2D eigenvalue weighted by molar-refractivity contribution is 7.10. The predicted octanol–water partition coefficient (Wildman–Crippen LogP) is 6.25. The lowest BCUT2D eigenvalue weighted by Crippen LogP contribution is -2.42. The molecule has 8 heteroatoms.